The van der Waals surface area contributed by atoms with Gasteiger partial charge in [-0.25, -0.2) is 0 Å². The van der Waals surface area contributed by atoms with Crippen LogP contribution in [-0.2, 0) is 9.59 Å². The molecule has 2 N–H and O–H groups in total. The van der Waals surface area contributed by atoms with Crippen molar-refractivity contribution in [1.29, 1.82) is 0 Å². The first-order valence-electron chi connectivity index (χ1n) is 7.68. The van der Waals surface area contributed by atoms with Gasteiger partial charge in [0.25, 0.3) is 0 Å². The molecule has 0 aliphatic heterocycles. The minimum atomic E-state index is -0.881. The number of hydrogen-bond acceptors (Lipinski definition) is 4. The Kier molecular flexibility index (Phi) is 7.94. The van der Waals surface area contributed by atoms with Gasteiger partial charge in [-0.2, -0.15) is 0 Å². The molecule has 0 aliphatic rings. The highest BCUT2D eigenvalue weighted by atomic mass is 16.5. The summed E-state index contributed by atoms with van der Waals surface area (Å²) in [5.41, 5.74) is 0. The Labute approximate surface area is 136 Å². The number of carboxylic acid groups (broad SMARTS) is 1. The molecule has 0 aliphatic carbocycles. The van der Waals surface area contributed by atoms with Crippen LogP contribution in [-0.4, -0.2) is 37.2 Å². The van der Waals surface area contributed by atoms with E-state index in [9.17, 15) is 9.59 Å². The second kappa shape index (κ2) is 9.71. The summed E-state index contributed by atoms with van der Waals surface area (Å²) in [7, 11) is 1.59. The summed E-state index contributed by atoms with van der Waals surface area (Å²) in [6.45, 7) is 4.30. The molecule has 0 spiro atoms. The summed E-state index contributed by atoms with van der Waals surface area (Å²) in [4.78, 5) is 22.9. The largest absolute Gasteiger partial charge is 0.497 e. The van der Waals surface area contributed by atoms with Crippen molar-refractivity contribution in [3.8, 4) is 11.5 Å². The third-order valence-electron chi connectivity index (χ3n) is 3.31. The molecule has 1 rings (SSSR count). The van der Waals surface area contributed by atoms with Gasteiger partial charge in [-0.1, -0.05) is 13.8 Å². The molecule has 1 unspecified atom stereocenters. The molecule has 1 aromatic carbocycles. The van der Waals surface area contributed by atoms with E-state index in [1.165, 1.54) is 0 Å². The van der Waals surface area contributed by atoms with Crippen LogP contribution in [0.2, 0.25) is 0 Å². The average Bonchev–Trinajstić information content (AvgIpc) is 2.51. The zero-order valence-electron chi connectivity index (χ0n) is 13.9. The molecule has 0 aromatic heterocycles. The van der Waals surface area contributed by atoms with Crippen molar-refractivity contribution in [3.63, 3.8) is 0 Å². The molecule has 0 heterocycles. The van der Waals surface area contributed by atoms with E-state index in [-0.39, 0.29) is 31.4 Å². The highest BCUT2D eigenvalue weighted by molar-refractivity contribution is 5.77. The number of nitrogens with one attached hydrogen (secondary N) is 1. The minimum Gasteiger partial charge on any atom is -0.497 e. The van der Waals surface area contributed by atoms with Crippen LogP contribution in [0, 0.1) is 11.8 Å². The highest BCUT2D eigenvalue weighted by Gasteiger charge is 2.19. The lowest BCUT2D eigenvalue weighted by molar-refractivity contribution is -0.142. The Morgan fingerprint density at radius 1 is 1.17 bits per heavy atom. The number of hydrogen-bond donors (Lipinski definition) is 2. The quantitative estimate of drug-likeness (QED) is 0.690. The van der Waals surface area contributed by atoms with Gasteiger partial charge < -0.3 is 19.9 Å². The molecular weight excluding hydrogens is 298 g/mol. The summed E-state index contributed by atoms with van der Waals surface area (Å²) in [6, 6.07) is 7.08. The van der Waals surface area contributed by atoms with Gasteiger partial charge in [-0.05, 0) is 36.6 Å². The zero-order valence-corrected chi connectivity index (χ0v) is 13.9. The van der Waals surface area contributed by atoms with Crippen molar-refractivity contribution in [2.24, 2.45) is 11.8 Å². The SMILES string of the molecule is COc1ccc(OCCC(=O)NCC(CC(C)C)C(=O)O)cc1. The smallest absolute Gasteiger partial charge is 0.308 e. The lowest BCUT2D eigenvalue weighted by Crippen LogP contribution is -2.34. The number of ether oxygens (including phenoxy) is 2. The van der Waals surface area contributed by atoms with E-state index in [0.29, 0.717) is 12.2 Å². The van der Waals surface area contributed by atoms with Crippen molar-refractivity contribution in [1.82, 2.24) is 5.32 Å². The lowest BCUT2D eigenvalue weighted by Gasteiger charge is -2.15. The molecular formula is C17H25NO5. The van der Waals surface area contributed by atoms with Crippen molar-refractivity contribution in [3.05, 3.63) is 24.3 Å². The van der Waals surface area contributed by atoms with Gasteiger partial charge in [0.2, 0.25) is 5.91 Å². The van der Waals surface area contributed by atoms with E-state index in [1.807, 2.05) is 13.8 Å². The van der Waals surface area contributed by atoms with Gasteiger partial charge >= 0.3 is 5.97 Å². The maximum atomic E-state index is 11.7. The van der Waals surface area contributed by atoms with E-state index in [4.69, 9.17) is 14.6 Å². The third kappa shape index (κ3) is 7.54. The van der Waals surface area contributed by atoms with Gasteiger partial charge in [0.15, 0.2) is 0 Å². The Morgan fingerprint density at radius 2 is 1.78 bits per heavy atom. The maximum absolute atomic E-state index is 11.7. The first-order valence-corrected chi connectivity index (χ1v) is 7.68. The number of benzene rings is 1. The average molecular weight is 323 g/mol. The Morgan fingerprint density at radius 3 is 2.30 bits per heavy atom. The van der Waals surface area contributed by atoms with Crippen molar-refractivity contribution < 1.29 is 24.2 Å². The van der Waals surface area contributed by atoms with Crippen LogP contribution in [0.5, 0.6) is 11.5 Å². The van der Waals surface area contributed by atoms with Crippen LogP contribution in [0.25, 0.3) is 0 Å². The van der Waals surface area contributed by atoms with Gasteiger partial charge in [0.1, 0.15) is 11.5 Å². The van der Waals surface area contributed by atoms with Crippen LogP contribution in [0.4, 0.5) is 0 Å². The molecule has 0 bridgehead atoms. The molecule has 0 radical (unpaired) electrons. The van der Waals surface area contributed by atoms with Gasteiger partial charge in [0, 0.05) is 6.54 Å². The predicted octanol–water partition coefficient (Wildman–Crippen LogP) is 2.33. The topological polar surface area (TPSA) is 84.9 Å². The van der Waals surface area contributed by atoms with Crippen molar-refractivity contribution in [2.75, 3.05) is 20.3 Å². The minimum absolute atomic E-state index is 0.148. The zero-order chi connectivity index (χ0) is 17.2. The van der Waals surface area contributed by atoms with E-state index < -0.39 is 11.9 Å². The number of carboxylic acids is 1. The van der Waals surface area contributed by atoms with Gasteiger partial charge in [-0.3, -0.25) is 9.59 Å². The van der Waals surface area contributed by atoms with E-state index >= 15 is 0 Å². The first kappa shape index (κ1) is 18.8. The monoisotopic (exact) mass is 323 g/mol. The summed E-state index contributed by atoms with van der Waals surface area (Å²) >= 11 is 0. The fourth-order valence-electron chi connectivity index (χ4n) is 2.10. The van der Waals surface area contributed by atoms with E-state index in [2.05, 4.69) is 5.32 Å². The summed E-state index contributed by atoms with van der Waals surface area (Å²) in [5, 5.41) is 11.8. The predicted molar refractivity (Wildman–Crippen MR) is 86.7 cm³/mol. The van der Waals surface area contributed by atoms with Crippen molar-refractivity contribution in [2.45, 2.75) is 26.7 Å². The number of carbonyl (C=O) groups excluding carboxylic acids is 1. The number of rotatable bonds is 10. The molecule has 6 heteroatoms. The fraction of sp³-hybridized carbons (Fsp3) is 0.529. The molecule has 1 amide bonds. The molecule has 1 aromatic rings. The maximum Gasteiger partial charge on any atom is 0.308 e. The third-order valence-corrected chi connectivity index (χ3v) is 3.31. The first-order chi connectivity index (χ1) is 10.9. The number of carbonyl (C=O) groups is 2. The van der Waals surface area contributed by atoms with Crippen molar-refractivity contribution >= 4 is 11.9 Å². The number of methoxy groups -OCH3 is 1. The summed E-state index contributed by atoms with van der Waals surface area (Å²) < 4.78 is 10.5. The Balaban J connectivity index is 2.28. The molecule has 6 nitrogen and oxygen atoms in total. The number of aliphatic carboxylic acids is 1. The number of amides is 1. The molecule has 1 atom stereocenters. The van der Waals surface area contributed by atoms with Gasteiger partial charge in [0.05, 0.1) is 26.1 Å². The lowest BCUT2D eigenvalue weighted by atomic mass is 9.97. The normalized spacial score (nSPS) is 11.8. The molecule has 0 saturated carbocycles. The molecule has 0 fully saturated rings. The van der Waals surface area contributed by atoms with Crippen LogP contribution in [0.15, 0.2) is 24.3 Å². The highest BCUT2D eigenvalue weighted by Crippen LogP contribution is 2.17. The van der Waals surface area contributed by atoms with Crippen LogP contribution < -0.4 is 14.8 Å². The second-order valence-corrected chi connectivity index (χ2v) is 5.74. The fourth-order valence-corrected chi connectivity index (χ4v) is 2.10. The standard InChI is InChI=1S/C17H25NO5/c1-12(2)10-13(17(20)21)11-18-16(19)8-9-23-15-6-4-14(22-3)5-7-15/h4-7,12-13H,8-11H2,1-3H3,(H,18,19)(H,20,21). The Bertz CT molecular complexity index is 498. The molecule has 23 heavy (non-hydrogen) atoms. The van der Waals surface area contributed by atoms with E-state index in [1.54, 1.807) is 31.4 Å². The molecule has 0 saturated heterocycles. The van der Waals surface area contributed by atoms with Crippen LogP contribution in [0.3, 0.4) is 0 Å². The summed E-state index contributed by atoms with van der Waals surface area (Å²) in [5.74, 6) is 0.0108. The van der Waals surface area contributed by atoms with Gasteiger partial charge in [-0.15, -0.1) is 0 Å². The second-order valence-electron chi connectivity index (χ2n) is 5.74. The Hall–Kier alpha value is -2.24. The summed E-state index contributed by atoms with van der Waals surface area (Å²) in [6.07, 6.45) is 0.720. The van der Waals surface area contributed by atoms with E-state index in [0.717, 1.165) is 5.75 Å². The molecule has 128 valence electrons. The van der Waals surface area contributed by atoms with Crippen LogP contribution >= 0.6 is 0 Å². The van der Waals surface area contributed by atoms with Crippen LogP contribution in [0.1, 0.15) is 26.7 Å².